The van der Waals surface area contributed by atoms with Crippen molar-refractivity contribution in [2.24, 2.45) is 14.1 Å². The standard InChI is InChI=1S/C19H21N3O3S2/c1-20-16(23)14-10-15(27-18(14)21(2)19(20)25)17(24)22(12-6-3-4-7-12)11-13-8-5-9-26-13/h5,8-10,12H,3-4,6-7,11H2,1-2H3. The van der Waals surface area contributed by atoms with Gasteiger partial charge in [-0.3, -0.25) is 18.7 Å². The van der Waals surface area contributed by atoms with Crippen molar-refractivity contribution in [1.29, 1.82) is 0 Å². The molecule has 0 aliphatic heterocycles. The van der Waals surface area contributed by atoms with Gasteiger partial charge < -0.3 is 4.90 Å². The van der Waals surface area contributed by atoms with E-state index in [4.69, 9.17) is 0 Å². The first kappa shape index (κ1) is 18.2. The Balaban J connectivity index is 1.76. The molecule has 0 spiro atoms. The molecule has 1 aliphatic rings. The molecule has 1 aliphatic carbocycles. The Hall–Kier alpha value is -2.19. The van der Waals surface area contributed by atoms with E-state index >= 15 is 0 Å². The third-order valence-electron chi connectivity index (χ3n) is 5.27. The Morgan fingerprint density at radius 2 is 1.96 bits per heavy atom. The molecule has 0 atom stereocenters. The summed E-state index contributed by atoms with van der Waals surface area (Å²) in [6.45, 7) is 0.590. The highest BCUT2D eigenvalue weighted by Gasteiger charge is 2.29. The molecule has 142 valence electrons. The third-order valence-corrected chi connectivity index (χ3v) is 7.33. The van der Waals surface area contributed by atoms with Crippen LogP contribution in [0.15, 0.2) is 33.2 Å². The number of thiophene rings is 2. The van der Waals surface area contributed by atoms with Crippen molar-refractivity contribution in [3.8, 4) is 0 Å². The van der Waals surface area contributed by atoms with Crippen molar-refractivity contribution in [1.82, 2.24) is 14.0 Å². The normalized spacial score (nSPS) is 14.9. The van der Waals surface area contributed by atoms with E-state index in [-0.39, 0.29) is 23.2 Å². The number of nitrogens with zero attached hydrogens (tertiary/aromatic N) is 3. The summed E-state index contributed by atoms with van der Waals surface area (Å²) in [7, 11) is 3.10. The molecule has 0 radical (unpaired) electrons. The van der Waals surface area contributed by atoms with Crippen LogP contribution >= 0.6 is 22.7 Å². The zero-order valence-electron chi connectivity index (χ0n) is 15.3. The van der Waals surface area contributed by atoms with Crippen molar-refractivity contribution < 1.29 is 4.79 Å². The van der Waals surface area contributed by atoms with Gasteiger partial charge in [0, 0.05) is 25.0 Å². The van der Waals surface area contributed by atoms with E-state index in [0.29, 0.717) is 21.6 Å². The first-order valence-electron chi connectivity index (χ1n) is 9.00. The van der Waals surface area contributed by atoms with E-state index in [9.17, 15) is 14.4 Å². The minimum absolute atomic E-state index is 0.0500. The molecule has 1 saturated carbocycles. The van der Waals surface area contributed by atoms with Crippen LogP contribution in [0.2, 0.25) is 0 Å². The molecule has 3 aromatic rings. The van der Waals surface area contributed by atoms with Gasteiger partial charge in [0.25, 0.3) is 11.5 Å². The molecular weight excluding hydrogens is 382 g/mol. The lowest BCUT2D eigenvalue weighted by molar-refractivity contribution is 0.0672. The van der Waals surface area contributed by atoms with Gasteiger partial charge in [-0.2, -0.15) is 0 Å². The summed E-state index contributed by atoms with van der Waals surface area (Å²) >= 11 is 2.88. The zero-order chi connectivity index (χ0) is 19.1. The van der Waals surface area contributed by atoms with Crippen molar-refractivity contribution in [2.75, 3.05) is 0 Å². The van der Waals surface area contributed by atoms with Crippen molar-refractivity contribution >= 4 is 38.8 Å². The highest BCUT2D eigenvalue weighted by atomic mass is 32.1. The summed E-state index contributed by atoms with van der Waals surface area (Å²) in [5.74, 6) is -0.0500. The number of amides is 1. The molecular formula is C19H21N3O3S2. The summed E-state index contributed by atoms with van der Waals surface area (Å²) in [5, 5.41) is 2.45. The fourth-order valence-corrected chi connectivity index (χ4v) is 5.53. The summed E-state index contributed by atoms with van der Waals surface area (Å²) in [4.78, 5) is 42.2. The van der Waals surface area contributed by atoms with Gasteiger partial charge in [0.15, 0.2) is 0 Å². The Bertz CT molecular complexity index is 1100. The molecule has 0 unspecified atom stereocenters. The van der Waals surface area contributed by atoms with Gasteiger partial charge in [0.1, 0.15) is 4.83 Å². The molecule has 27 heavy (non-hydrogen) atoms. The van der Waals surface area contributed by atoms with E-state index in [1.165, 1.54) is 23.0 Å². The lowest BCUT2D eigenvalue weighted by atomic mass is 10.2. The molecule has 0 bridgehead atoms. The summed E-state index contributed by atoms with van der Waals surface area (Å²) in [5.41, 5.74) is -0.728. The molecule has 8 heteroatoms. The molecule has 4 rings (SSSR count). The second-order valence-electron chi connectivity index (χ2n) is 6.99. The van der Waals surface area contributed by atoms with E-state index in [0.717, 1.165) is 35.1 Å². The Morgan fingerprint density at radius 1 is 1.22 bits per heavy atom. The van der Waals surface area contributed by atoms with Crippen molar-refractivity contribution in [3.63, 3.8) is 0 Å². The van der Waals surface area contributed by atoms with Gasteiger partial charge in [0.05, 0.1) is 16.8 Å². The highest BCUT2D eigenvalue weighted by Crippen LogP contribution is 2.30. The van der Waals surface area contributed by atoms with Crippen LogP contribution < -0.4 is 11.2 Å². The number of aryl methyl sites for hydroxylation is 1. The molecule has 1 fully saturated rings. The molecule has 1 amide bonds. The van der Waals surface area contributed by atoms with E-state index in [2.05, 4.69) is 0 Å². The molecule has 0 N–H and O–H groups in total. The maximum Gasteiger partial charge on any atom is 0.331 e. The van der Waals surface area contributed by atoms with Crippen LogP contribution in [0.1, 0.15) is 40.2 Å². The fraction of sp³-hybridized carbons (Fsp3) is 0.421. The predicted molar refractivity (Wildman–Crippen MR) is 109 cm³/mol. The smallest absolute Gasteiger partial charge is 0.330 e. The Labute approximate surface area is 164 Å². The minimum atomic E-state index is -0.375. The topological polar surface area (TPSA) is 64.3 Å². The van der Waals surface area contributed by atoms with Gasteiger partial charge >= 0.3 is 5.69 Å². The summed E-state index contributed by atoms with van der Waals surface area (Å²) < 4.78 is 2.53. The molecule has 3 heterocycles. The summed E-state index contributed by atoms with van der Waals surface area (Å²) in [6.07, 6.45) is 4.31. The highest BCUT2D eigenvalue weighted by molar-refractivity contribution is 7.20. The molecule has 0 aromatic carbocycles. The van der Waals surface area contributed by atoms with Crippen LogP contribution in [-0.2, 0) is 20.6 Å². The van der Waals surface area contributed by atoms with Gasteiger partial charge in [-0.1, -0.05) is 18.9 Å². The largest absolute Gasteiger partial charge is 0.331 e. The Morgan fingerprint density at radius 3 is 2.63 bits per heavy atom. The molecule has 0 saturated heterocycles. The zero-order valence-corrected chi connectivity index (χ0v) is 16.9. The quantitative estimate of drug-likeness (QED) is 0.673. The number of rotatable bonds is 4. The van der Waals surface area contributed by atoms with Crippen molar-refractivity contribution in [3.05, 3.63) is 54.2 Å². The van der Waals surface area contributed by atoms with E-state index in [1.54, 1.807) is 24.5 Å². The average molecular weight is 404 g/mol. The SMILES string of the molecule is Cn1c(=O)c2cc(C(=O)N(Cc3cccs3)C3CCCC3)sc2n(C)c1=O. The number of hydrogen-bond acceptors (Lipinski definition) is 5. The Kier molecular flexibility index (Phi) is 4.77. The average Bonchev–Trinajstić information content (AvgIpc) is 3.42. The van der Waals surface area contributed by atoms with Gasteiger partial charge in [-0.25, -0.2) is 4.79 Å². The van der Waals surface area contributed by atoms with E-state index < -0.39 is 0 Å². The van der Waals surface area contributed by atoms with Gasteiger partial charge in [-0.15, -0.1) is 22.7 Å². The van der Waals surface area contributed by atoms with Crippen LogP contribution in [0.25, 0.3) is 10.2 Å². The molecule has 3 aromatic heterocycles. The first-order valence-corrected chi connectivity index (χ1v) is 10.7. The lowest BCUT2D eigenvalue weighted by Gasteiger charge is -2.28. The van der Waals surface area contributed by atoms with Crippen LogP contribution in [0.5, 0.6) is 0 Å². The monoisotopic (exact) mass is 403 g/mol. The summed E-state index contributed by atoms with van der Waals surface area (Å²) in [6, 6.07) is 5.93. The predicted octanol–water partition coefficient (Wildman–Crippen LogP) is 2.95. The van der Waals surface area contributed by atoms with Gasteiger partial charge in [0.2, 0.25) is 0 Å². The molecule has 6 nitrogen and oxygen atoms in total. The number of hydrogen-bond donors (Lipinski definition) is 0. The van der Waals surface area contributed by atoms with Crippen LogP contribution in [0.3, 0.4) is 0 Å². The lowest BCUT2D eigenvalue weighted by Crippen LogP contribution is -2.37. The number of carbonyl (C=O) groups excluding carboxylic acids is 1. The van der Waals surface area contributed by atoms with Gasteiger partial charge in [-0.05, 0) is 30.4 Å². The van der Waals surface area contributed by atoms with Crippen LogP contribution in [0, 0.1) is 0 Å². The second kappa shape index (κ2) is 7.09. The minimum Gasteiger partial charge on any atom is -0.330 e. The maximum atomic E-state index is 13.4. The first-order chi connectivity index (χ1) is 13.0. The van der Waals surface area contributed by atoms with Crippen LogP contribution in [0.4, 0.5) is 0 Å². The number of fused-ring (bicyclic) bond motifs is 1. The second-order valence-corrected chi connectivity index (χ2v) is 9.05. The maximum absolute atomic E-state index is 13.4. The van der Waals surface area contributed by atoms with Crippen molar-refractivity contribution in [2.45, 2.75) is 38.3 Å². The fourth-order valence-electron chi connectivity index (χ4n) is 3.76. The third kappa shape index (κ3) is 3.17. The van der Waals surface area contributed by atoms with E-state index in [1.807, 2.05) is 22.4 Å². The van der Waals surface area contributed by atoms with Crippen LogP contribution in [-0.4, -0.2) is 26.0 Å². The number of aromatic nitrogens is 2. The number of carbonyl (C=O) groups is 1.